The lowest BCUT2D eigenvalue weighted by atomic mass is 9.97. The molecule has 0 atom stereocenters. The van der Waals surface area contributed by atoms with Crippen LogP contribution in [-0.4, -0.2) is 63.3 Å². The number of imidazole rings is 1. The zero-order valence-corrected chi connectivity index (χ0v) is 43.8. The Morgan fingerprint density at radius 2 is 1.03 bits per heavy atom. The molecule has 0 fully saturated rings. The third kappa shape index (κ3) is 13.3. The molecule has 1 aliphatic heterocycles. The molecule has 0 radical (unpaired) electrons. The van der Waals surface area contributed by atoms with Gasteiger partial charge in [0.05, 0.1) is 44.0 Å². The Morgan fingerprint density at radius 1 is 0.513 bits per heavy atom. The Hall–Kier alpha value is -9.46. The van der Waals surface area contributed by atoms with Crippen molar-refractivity contribution in [2.24, 2.45) is 4.99 Å². The van der Waals surface area contributed by atoms with Gasteiger partial charge in [-0.25, -0.2) is 14.7 Å². The highest BCUT2D eigenvalue weighted by Gasteiger charge is 2.23. The highest BCUT2D eigenvalue weighted by Crippen LogP contribution is 2.36. The first kappa shape index (κ1) is 53.4. The summed E-state index contributed by atoms with van der Waals surface area (Å²) in [5.74, 6) is 4.15. The van der Waals surface area contributed by atoms with Gasteiger partial charge in [-0.1, -0.05) is 133 Å². The normalized spacial score (nSPS) is 11.7. The number of aliphatic imine (C=N–C) groups is 1. The van der Waals surface area contributed by atoms with Crippen LogP contribution in [0.5, 0.6) is 23.0 Å². The maximum absolute atomic E-state index is 9.53. The molecule has 2 heterocycles. The van der Waals surface area contributed by atoms with Gasteiger partial charge in [0, 0.05) is 44.2 Å². The molecule has 0 saturated heterocycles. The molecule has 0 aliphatic carbocycles. The zero-order chi connectivity index (χ0) is 54.1. The minimum atomic E-state index is 0.00551. The smallest absolute Gasteiger partial charge is 0.187 e. The standard InChI is InChI=1S/C33H31N3O3.C33H29N3O3/c2*1-24-27(11-7-13-30(24)26-9-4-3-5-10-26)23-38-29-14-15-31(33-35-16-17-36(33)18-19-37)32(21-29)39-22-25-8-6-12-28(20-25)34-2/h3-15,20-21,37H,16-19,22-23H2,1H3;3-17,20-21,37H,18-19,22-23H2,1H3. The largest absolute Gasteiger partial charge is 0.489 e. The van der Waals surface area contributed by atoms with Gasteiger partial charge in [-0.05, 0) is 106 Å². The van der Waals surface area contributed by atoms with Crippen molar-refractivity contribution in [1.82, 2.24) is 14.5 Å². The van der Waals surface area contributed by atoms with Gasteiger partial charge in [0.15, 0.2) is 11.4 Å². The molecule has 78 heavy (non-hydrogen) atoms. The number of nitrogens with zero attached hydrogens (tertiary/aromatic N) is 6. The van der Waals surface area contributed by atoms with E-state index in [1.54, 1.807) is 18.3 Å². The number of ether oxygens (including phenoxy) is 4. The van der Waals surface area contributed by atoms with Crippen LogP contribution in [0, 0.1) is 27.0 Å². The third-order valence-corrected chi connectivity index (χ3v) is 13.5. The summed E-state index contributed by atoms with van der Waals surface area (Å²) in [7, 11) is 0. The van der Waals surface area contributed by atoms with Crippen LogP contribution in [0.1, 0.15) is 38.9 Å². The van der Waals surface area contributed by atoms with E-state index in [-0.39, 0.29) is 13.2 Å². The second kappa shape index (κ2) is 26.3. The lowest BCUT2D eigenvalue weighted by Crippen LogP contribution is -2.31. The summed E-state index contributed by atoms with van der Waals surface area (Å²) >= 11 is 0. The fourth-order valence-electron chi connectivity index (χ4n) is 9.33. The Bertz CT molecular complexity index is 3580. The Morgan fingerprint density at radius 3 is 1.55 bits per heavy atom. The van der Waals surface area contributed by atoms with Crippen LogP contribution in [0.25, 0.3) is 43.3 Å². The van der Waals surface area contributed by atoms with Gasteiger partial charge in [0.2, 0.25) is 0 Å². The van der Waals surface area contributed by atoms with Gasteiger partial charge in [0.25, 0.3) is 0 Å². The van der Waals surface area contributed by atoms with Crippen LogP contribution < -0.4 is 18.9 Å². The van der Waals surface area contributed by atoms with E-state index in [1.165, 1.54) is 33.4 Å². The van der Waals surface area contributed by atoms with Crippen molar-refractivity contribution in [3.05, 3.63) is 256 Å². The summed E-state index contributed by atoms with van der Waals surface area (Å²) in [6.07, 6.45) is 3.54. The van der Waals surface area contributed by atoms with Crippen molar-refractivity contribution in [2.45, 2.75) is 46.8 Å². The Balaban J connectivity index is 0.000000190. The quantitative estimate of drug-likeness (QED) is 0.0725. The highest BCUT2D eigenvalue weighted by atomic mass is 16.5. The number of benzene rings is 8. The van der Waals surface area contributed by atoms with E-state index < -0.39 is 0 Å². The van der Waals surface area contributed by atoms with Crippen molar-refractivity contribution in [1.29, 1.82) is 0 Å². The number of β-amino-alcohol motifs (C(OH)–C–C–N with tert-alkyl or cyclic N) is 1. The average molecular weight is 1030 g/mol. The highest BCUT2D eigenvalue weighted by molar-refractivity contribution is 6.02. The van der Waals surface area contributed by atoms with E-state index in [0.29, 0.717) is 86.3 Å². The minimum Gasteiger partial charge on any atom is -0.489 e. The van der Waals surface area contributed by atoms with E-state index in [0.717, 1.165) is 45.8 Å². The van der Waals surface area contributed by atoms with Crippen LogP contribution in [0.2, 0.25) is 0 Å². The van der Waals surface area contributed by atoms with E-state index in [1.807, 2.05) is 108 Å². The molecule has 1 aliphatic rings. The first-order chi connectivity index (χ1) is 38.3. The van der Waals surface area contributed by atoms with Crippen molar-refractivity contribution in [3.8, 4) is 56.6 Å². The fraction of sp³-hybridized carbons (Fsp3) is 0.182. The molecule has 1 aromatic heterocycles. The van der Waals surface area contributed by atoms with Gasteiger partial charge >= 0.3 is 0 Å². The SMILES string of the molecule is [C-]#[N+]c1cccc(COc2cc(OCc3cccc(-c4ccccc4)c3C)ccc2-c2nccn2CCO)c1.[C-]#[N+]c1cccc(COc2cc(OCc3cccc(-c4ccccc4)c3C)ccc2C2=NCCN2CCO)c1. The van der Waals surface area contributed by atoms with Gasteiger partial charge in [0.1, 0.15) is 61.1 Å². The molecule has 0 unspecified atom stereocenters. The summed E-state index contributed by atoms with van der Waals surface area (Å²) in [6, 6.07) is 59.6. The molecule has 0 amide bonds. The molecule has 2 N–H and O–H groups in total. The summed E-state index contributed by atoms with van der Waals surface area (Å²) in [6.45, 7) is 22.7. The van der Waals surface area contributed by atoms with E-state index in [2.05, 4.69) is 106 Å². The van der Waals surface area contributed by atoms with Crippen LogP contribution in [0.3, 0.4) is 0 Å². The summed E-state index contributed by atoms with van der Waals surface area (Å²) in [4.78, 5) is 18.3. The van der Waals surface area contributed by atoms with Crippen molar-refractivity contribution < 1.29 is 29.2 Å². The van der Waals surface area contributed by atoms with E-state index >= 15 is 0 Å². The molecule has 0 saturated carbocycles. The van der Waals surface area contributed by atoms with Gasteiger partial charge in [-0.2, -0.15) is 0 Å². The molecular weight excluding hydrogens is 973 g/mol. The fourth-order valence-corrected chi connectivity index (χ4v) is 9.33. The number of rotatable bonds is 20. The molecule has 10 rings (SSSR count). The number of hydrogen-bond acceptors (Lipinski definition) is 9. The monoisotopic (exact) mass is 1030 g/mol. The number of hydrogen-bond donors (Lipinski definition) is 2. The van der Waals surface area contributed by atoms with Gasteiger partial charge in [-0.3, -0.25) is 4.99 Å². The van der Waals surface area contributed by atoms with E-state index in [9.17, 15) is 10.2 Å². The Kier molecular flexibility index (Phi) is 18.0. The lowest BCUT2D eigenvalue weighted by molar-refractivity contribution is 0.256. The maximum Gasteiger partial charge on any atom is 0.187 e. The van der Waals surface area contributed by atoms with Crippen molar-refractivity contribution in [3.63, 3.8) is 0 Å². The molecule has 8 aromatic carbocycles. The van der Waals surface area contributed by atoms with Crippen LogP contribution in [0.4, 0.5) is 11.4 Å². The maximum atomic E-state index is 9.53. The van der Waals surface area contributed by atoms with Crippen molar-refractivity contribution >= 4 is 17.2 Å². The van der Waals surface area contributed by atoms with Crippen LogP contribution in [-0.2, 0) is 33.0 Å². The van der Waals surface area contributed by atoms with Crippen LogP contribution >= 0.6 is 0 Å². The molecule has 12 heteroatoms. The molecule has 12 nitrogen and oxygen atoms in total. The summed E-state index contributed by atoms with van der Waals surface area (Å²) in [5.41, 5.74) is 14.0. The third-order valence-electron chi connectivity index (χ3n) is 13.5. The zero-order valence-electron chi connectivity index (χ0n) is 43.8. The number of aromatic nitrogens is 2. The molecule has 0 bridgehead atoms. The number of aliphatic hydroxyl groups excluding tert-OH is 2. The average Bonchev–Trinajstić information content (AvgIpc) is 4.18. The molecule has 390 valence electrons. The topological polar surface area (TPSA) is 120 Å². The summed E-state index contributed by atoms with van der Waals surface area (Å²) < 4.78 is 27.0. The second-order valence-corrected chi connectivity index (χ2v) is 18.5. The lowest BCUT2D eigenvalue weighted by Gasteiger charge is -2.22. The first-order valence-corrected chi connectivity index (χ1v) is 25.8. The first-order valence-electron chi connectivity index (χ1n) is 25.8. The predicted octanol–water partition coefficient (Wildman–Crippen LogP) is 13.7. The minimum absolute atomic E-state index is 0.00551. The second-order valence-electron chi connectivity index (χ2n) is 18.5. The summed E-state index contributed by atoms with van der Waals surface area (Å²) in [5, 5.41) is 19.0. The number of aliphatic hydroxyl groups is 2. The van der Waals surface area contributed by atoms with Crippen LogP contribution in [0.15, 0.2) is 199 Å². The molecule has 9 aromatic rings. The predicted molar refractivity (Wildman–Crippen MR) is 307 cm³/mol. The Labute approximate surface area is 456 Å². The van der Waals surface area contributed by atoms with E-state index in [4.69, 9.17) is 37.1 Å². The van der Waals surface area contributed by atoms with Gasteiger partial charge in [-0.15, -0.1) is 0 Å². The molecule has 0 spiro atoms. The van der Waals surface area contributed by atoms with Gasteiger partial charge < -0.3 is 38.6 Å². The number of amidine groups is 1. The van der Waals surface area contributed by atoms with Crippen molar-refractivity contribution in [2.75, 3.05) is 32.8 Å². The molecular formula is C66H60N6O6.